The number of alkyl halides is 3. The Balaban J connectivity index is 2.12. The summed E-state index contributed by atoms with van der Waals surface area (Å²) >= 11 is 0. The van der Waals surface area contributed by atoms with Crippen LogP contribution in [0.15, 0.2) is 0 Å². The monoisotopic (exact) mass is 226 g/mol. The average molecular weight is 226 g/mol. The number of ether oxygens (including phenoxy) is 2. The minimum atomic E-state index is -4.88. The van der Waals surface area contributed by atoms with E-state index in [1.165, 1.54) is 0 Å². The van der Waals surface area contributed by atoms with Gasteiger partial charge >= 0.3 is 12.1 Å². The second-order valence-electron chi connectivity index (χ2n) is 3.48. The molecular formula is C9H13F3O3. The molecule has 0 unspecified atom stereocenters. The minimum absolute atomic E-state index is 0.164. The van der Waals surface area contributed by atoms with Gasteiger partial charge in [0.2, 0.25) is 0 Å². The number of carbonyl (C=O) groups is 1. The molecule has 0 saturated carbocycles. The Morgan fingerprint density at radius 1 is 1.33 bits per heavy atom. The van der Waals surface area contributed by atoms with Gasteiger partial charge in [-0.2, -0.15) is 13.2 Å². The lowest BCUT2D eigenvalue weighted by Gasteiger charge is -2.21. The molecule has 0 N–H and O–H groups in total. The predicted octanol–water partition coefficient (Wildman–Crippen LogP) is 1.91. The van der Waals surface area contributed by atoms with Gasteiger partial charge in [0.15, 0.2) is 0 Å². The van der Waals surface area contributed by atoms with Crippen molar-refractivity contribution in [2.24, 2.45) is 5.92 Å². The quantitative estimate of drug-likeness (QED) is 0.689. The van der Waals surface area contributed by atoms with E-state index in [1.807, 2.05) is 0 Å². The number of carbonyl (C=O) groups excluding carboxylic acids is 1. The molecule has 1 heterocycles. The van der Waals surface area contributed by atoms with E-state index in [1.54, 1.807) is 0 Å². The second kappa shape index (κ2) is 5.34. The Labute approximate surface area is 85.5 Å². The fourth-order valence-corrected chi connectivity index (χ4v) is 1.44. The first-order valence-electron chi connectivity index (χ1n) is 4.82. The van der Waals surface area contributed by atoms with Gasteiger partial charge in [0.1, 0.15) is 0 Å². The van der Waals surface area contributed by atoms with E-state index in [9.17, 15) is 18.0 Å². The van der Waals surface area contributed by atoms with E-state index in [4.69, 9.17) is 4.74 Å². The number of esters is 1. The molecule has 15 heavy (non-hydrogen) atoms. The first kappa shape index (κ1) is 12.3. The van der Waals surface area contributed by atoms with Crippen molar-refractivity contribution in [3.63, 3.8) is 0 Å². The zero-order valence-electron chi connectivity index (χ0n) is 8.18. The van der Waals surface area contributed by atoms with Crippen LogP contribution >= 0.6 is 0 Å². The highest BCUT2D eigenvalue weighted by molar-refractivity contribution is 5.75. The molecule has 0 radical (unpaired) electrons. The van der Waals surface area contributed by atoms with Crippen LogP contribution in [-0.2, 0) is 14.3 Å². The highest BCUT2D eigenvalue weighted by Crippen LogP contribution is 2.20. The summed E-state index contributed by atoms with van der Waals surface area (Å²) in [4.78, 5) is 10.3. The van der Waals surface area contributed by atoms with E-state index in [0.717, 1.165) is 12.8 Å². The number of hydrogen-bond acceptors (Lipinski definition) is 3. The maximum Gasteiger partial charge on any atom is 0.490 e. The van der Waals surface area contributed by atoms with Crippen LogP contribution in [0.3, 0.4) is 0 Å². The summed E-state index contributed by atoms with van der Waals surface area (Å²) in [5.74, 6) is -1.80. The van der Waals surface area contributed by atoms with Crippen molar-refractivity contribution >= 4 is 5.97 Å². The lowest BCUT2D eigenvalue weighted by Crippen LogP contribution is -2.26. The van der Waals surface area contributed by atoms with Crippen LogP contribution in [0.5, 0.6) is 0 Å². The molecule has 3 nitrogen and oxygen atoms in total. The highest BCUT2D eigenvalue weighted by Gasteiger charge is 2.40. The van der Waals surface area contributed by atoms with Gasteiger partial charge in [0, 0.05) is 13.2 Å². The average Bonchev–Trinajstić information content (AvgIpc) is 2.18. The van der Waals surface area contributed by atoms with Crippen molar-refractivity contribution in [2.75, 3.05) is 19.8 Å². The molecule has 0 amide bonds. The summed E-state index contributed by atoms with van der Waals surface area (Å²) in [7, 11) is 0. The third kappa shape index (κ3) is 4.51. The Bertz CT molecular complexity index is 209. The van der Waals surface area contributed by atoms with Crippen LogP contribution in [-0.4, -0.2) is 32.0 Å². The number of halogens is 3. The third-order valence-electron chi connectivity index (χ3n) is 2.33. The van der Waals surface area contributed by atoms with E-state index < -0.39 is 12.1 Å². The van der Waals surface area contributed by atoms with E-state index >= 15 is 0 Å². The van der Waals surface area contributed by atoms with Crippen LogP contribution in [0.2, 0.25) is 0 Å². The zero-order chi connectivity index (χ0) is 11.3. The molecule has 0 bridgehead atoms. The number of hydrogen-bond donors (Lipinski definition) is 0. The molecule has 1 fully saturated rings. The summed E-state index contributed by atoms with van der Waals surface area (Å²) in [6, 6.07) is 0. The molecule has 0 atom stereocenters. The minimum Gasteiger partial charge on any atom is -0.459 e. The predicted molar refractivity (Wildman–Crippen MR) is 45.2 cm³/mol. The van der Waals surface area contributed by atoms with Crippen LogP contribution in [0.1, 0.15) is 19.3 Å². The zero-order valence-corrected chi connectivity index (χ0v) is 8.18. The summed E-state index contributed by atoms with van der Waals surface area (Å²) in [5, 5.41) is 0. The third-order valence-corrected chi connectivity index (χ3v) is 2.33. The van der Waals surface area contributed by atoms with Crippen LogP contribution in [0, 0.1) is 5.92 Å². The lowest BCUT2D eigenvalue weighted by molar-refractivity contribution is -0.200. The van der Waals surface area contributed by atoms with Gasteiger partial charge in [-0.15, -0.1) is 0 Å². The molecule has 0 aliphatic carbocycles. The summed E-state index contributed by atoms with van der Waals surface area (Å²) < 4.78 is 44.4. The van der Waals surface area contributed by atoms with Gasteiger partial charge in [-0.1, -0.05) is 0 Å². The molecule has 6 heteroatoms. The topological polar surface area (TPSA) is 35.5 Å². The van der Waals surface area contributed by atoms with E-state index in [-0.39, 0.29) is 6.61 Å². The largest absolute Gasteiger partial charge is 0.490 e. The highest BCUT2D eigenvalue weighted by atomic mass is 19.4. The van der Waals surface area contributed by atoms with E-state index in [0.29, 0.717) is 25.6 Å². The van der Waals surface area contributed by atoms with Crippen molar-refractivity contribution in [2.45, 2.75) is 25.4 Å². The van der Waals surface area contributed by atoms with Crippen molar-refractivity contribution in [3.05, 3.63) is 0 Å². The molecule has 0 aromatic rings. The molecule has 0 spiro atoms. The van der Waals surface area contributed by atoms with Gasteiger partial charge in [0.25, 0.3) is 0 Å². The number of rotatable bonds is 3. The van der Waals surface area contributed by atoms with Gasteiger partial charge in [0.05, 0.1) is 6.61 Å². The second-order valence-corrected chi connectivity index (χ2v) is 3.48. The molecule has 88 valence electrons. The van der Waals surface area contributed by atoms with Crippen molar-refractivity contribution in [1.29, 1.82) is 0 Å². The Kier molecular flexibility index (Phi) is 4.38. The normalized spacial score (nSPS) is 18.9. The van der Waals surface area contributed by atoms with Gasteiger partial charge < -0.3 is 9.47 Å². The molecule has 1 aliphatic rings. The summed E-state index contributed by atoms with van der Waals surface area (Å²) in [6.45, 7) is 1.11. The molecule has 1 rings (SSSR count). The molecule has 0 aromatic carbocycles. The SMILES string of the molecule is O=C(OCCC1CCOCC1)C(F)(F)F. The fraction of sp³-hybridized carbons (Fsp3) is 0.889. The van der Waals surface area contributed by atoms with Gasteiger partial charge in [-0.25, -0.2) is 4.79 Å². The Hall–Kier alpha value is -0.780. The fourth-order valence-electron chi connectivity index (χ4n) is 1.44. The first-order valence-corrected chi connectivity index (χ1v) is 4.82. The molecule has 1 aliphatic heterocycles. The summed E-state index contributed by atoms with van der Waals surface area (Å²) in [5.41, 5.74) is 0. The molecular weight excluding hydrogens is 213 g/mol. The van der Waals surface area contributed by atoms with E-state index in [2.05, 4.69) is 4.74 Å². The first-order chi connectivity index (χ1) is 7.00. The van der Waals surface area contributed by atoms with Crippen LogP contribution in [0.4, 0.5) is 13.2 Å². The Morgan fingerprint density at radius 2 is 1.93 bits per heavy atom. The Morgan fingerprint density at radius 3 is 2.47 bits per heavy atom. The lowest BCUT2D eigenvalue weighted by atomic mass is 9.97. The van der Waals surface area contributed by atoms with Gasteiger partial charge in [-0.05, 0) is 25.2 Å². The van der Waals surface area contributed by atoms with Crippen molar-refractivity contribution in [1.82, 2.24) is 0 Å². The molecule has 1 saturated heterocycles. The standard InChI is InChI=1S/C9H13F3O3/c10-9(11,12)8(13)15-6-3-7-1-4-14-5-2-7/h7H,1-6H2. The maximum atomic E-state index is 11.7. The maximum absolute atomic E-state index is 11.7. The smallest absolute Gasteiger partial charge is 0.459 e. The van der Waals surface area contributed by atoms with Crippen LogP contribution < -0.4 is 0 Å². The molecule has 0 aromatic heterocycles. The summed E-state index contributed by atoms with van der Waals surface area (Å²) in [6.07, 6.45) is -2.76. The van der Waals surface area contributed by atoms with Crippen molar-refractivity contribution in [3.8, 4) is 0 Å². The van der Waals surface area contributed by atoms with Gasteiger partial charge in [-0.3, -0.25) is 0 Å². The van der Waals surface area contributed by atoms with Crippen molar-refractivity contribution < 1.29 is 27.4 Å². The van der Waals surface area contributed by atoms with Crippen LogP contribution in [0.25, 0.3) is 0 Å².